The summed E-state index contributed by atoms with van der Waals surface area (Å²) in [5.41, 5.74) is 0. The van der Waals surface area contributed by atoms with Crippen molar-refractivity contribution < 1.29 is 475 Å². The molecule has 0 aromatic carbocycles. The first-order valence-electron chi connectivity index (χ1n) is 9.49. The van der Waals surface area contributed by atoms with Crippen molar-refractivity contribution in [3.05, 3.63) is 0 Å². The Labute approximate surface area is 569 Å². The summed E-state index contributed by atoms with van der Waals surface area (Å²) in [6.45, 7) is 0. The standard InChI is InChI=1S/3FH.13H3O4P.3Ta.3Ti.3Zr/c;;;13*1-5(2,3)4;;;;;;;;;/h3*1H;13*(H3,1,2,3,4);;;;;;;;;/q;;;;;;;;;;;;;;;;3*+5;6*+4/p-39. The molecule has 77 heavy (non-hydrogen) atoms. The Balaban J connectivity index is -0.0000000163. The molecule has 0 radical (unpaired) electrons. The van der Waals surface area contributed by atoms with Gasteiger partial charge < -0.3 is 250 Å². The van der Waals surface area contributed by atoms with E-state index in [9.17, 15) is 0 Å². The van der Waals surface area contributed by atoms with E-state index in [1.807, 2.05) is 0 Å². The van der Waals surface area contributed by atoms with Gasteiger partial charge in [0.2, 0.25) is 0 Å². The normalized spacial score (nSPS) is 9.96. The van der Waals surface area contributed by atoms with Crippen LogP contribution in [0.3, 0.4) is 0 Å². The summed E-state index contributed by atoms with van der Waals surface area (Å²) in [6, 6.07) is 0. The molecule has 0 heterocycles. The fraction of sp³-hybridized carbons (Fsp3) is 0. The van der Waals surface area contributed by atoms with Gasteiger partial charge in [0.1, 0.15) is 0 Å². The van der Waals surface area contributed by atoms with E-state index in [1.54, 1.807) is 0 Å². The molecular weight excluding hydrogens is 2250 g/mol. The molecule has 0 unspecified atom stereocenters. The van der Waals surface area contributed by atoms with E-state index in [4.69, 9.17) is 250 Å². The van der Waals surface area contributed by atoms with E-state index < -0.39 is 102 Å². The Morgan fingerprint density at radius 1 is 0.130 bits per heavy atom. The molecule has 0 atom stereocenters. The third kappa shape index (κ3) is 8400. The van der Waals surface area contributed by atoms with Gasteiger partial charge >= 0.3 is 211 Å². The summed E-state index contributed by atoms with van der Waals surface area (Å²) < 4.78 is 111. The number of hydrogen-bond donors (Lipinski definition) is 0. The number of rotatable bonds is 0. The maximum atomic E-state index is 8.55. The van der Waals surface area contributed by atoms with Gasteiger partial charge in [-0.25, -0.2) is 0 Å². The van der Waals surface area contributed by atoms with Crippen LogP contribution in [0.2, 0.25) is 0 Å². The first-order chi connectivity index (χ1) is 26.0. The van der Waals surface area contributed by atoms with Crippen LogP contribution in [0.25, 0.3) is 0 Å². The second-order valence-electron chi connectivity index (χ2n) is 5.81. The quantitative estimate of drug-likeness (QED) is 0.160. The summed E-state index contributed by atoms with van der Waals surface area (Å²) in [5, 5.41) is 0. The van der Waals surface area contributed by atoms with Gasteiger partial charge in [-0.2, -0.15) is 102 Å². The third-order valence-corrected chi connectivity index (χ3v) is 0. The second kappa shape index (κ2) is 78.5. The van der Waals surface area contributed by atoms with Crippen LogP contribution in [0.5, 0.6) is 0 Å². The van der Waals surface area contributed by atoms with Crippen LogP contribution >= 0.6 is 102 Å². The number of halogens is 3. The van der Waals surface area contributed by atoms with Crippen molar-refractivity contribution in [2.24, 2.45) is 0 Å². The van der Waals surface area contributed by atoms with Crippen LogP contribution in [0.15, 0.2) is 0 Å². The predicted molar refractivity (Wildman–Crippen MR) is 106 cm³/mol. The van der Waals surface area contributed by atoms with Crippen LogP contribution in [0, 0.1) is 0 Å². The molecule has 0 aliphatic rings. The molecule has 52 nitrogen and oxygen atoms in total. The van der Waals surface area contributed by atoms with Gasteiger partial charge in [-0.15, -0.1) is 0 Å². The summed E-state index contributed by atoms with van der Waals surface area (Å²) >= 11 is 0. The predicted octanol–water partition coefficient (Wildman–Crippen LogP) is -36.3. The monoisotopic (exact) mass is 2250 g/mol. The first-order valence-corrected chi connectivity index (χ1v) is 28.5. The second-order valence-corrected chi connectivity index (χ2v) is 17.4. The van der Waals surface area contributed by atoms with Crippen molar-refractivity contribution in [1.82, 2.24) is 0 Å². The molecule has 0 aromatic heterocycles. The Hall–Kier alpha value is 8.23. The van der Waals surface area contributed by atoms with E-state index in [0.29, 0.717) is 0 Å². The molecule has 0 saturated heterocycles. The minimum absolute atomic E-state index is 0. The maximum absolute atomic E-state index is 8.55. The molecule has 0 N–H and O–H groups in total. The van der Waals surface area contributed by atoms with Crippen molar-refractivity contribution in [3.8, 4) is 0 Å². The van der Waals surface area contributed by atoms with Crippen molar-refractivity contribution in [2.45, 2.75) is 0 Å². The van der Waals surface area contributed by atoms with E-state index in [1.165, 1.54) is 0 Å². The van der Waals surface area contributed by atoms with Crippen molar-refractivity contribution in [3.63, 3.8) is 0 Å². The molecule has 0 fully saturated rings. The molecule has 0 rings (SSSR count). The number of hydrogen-bond acceptors (Lipinski definition) is 52. The van der Waals surface area contributed by atoms with Crippen LogP contribution in [-0.2, 0) is 270 Å². The summed E-state index contributed by atoms with van der Waals surface area (Å²) in [5.74, 6) is 0. The Kier molecular flexibility index (Phi) is 170. The Bertz CT molecular complexity index is 1200. The van der Waals surface area contributed by atoms with Gasteiger partial charge in [0.15, 0.2) is 0 Å². The van der Waals surface area contributed by atoms with Gasteiger partial charge in [0.05, 0.1) is 0 Å². The Morgan fingerprint density at radius 3 is 0.130 bits per heavy atom. The fourth-order valence-electron chi connectivity index (χ4n) is 0. The zero-order valence-corrected chi connectivity index (χ0v) is 65.9. The van der Waals surface area contributed by atoms with Crippen LogP contribution < -0.4 is 191 Å². The van der Waals surface area contributed by atoms with Gasteiger partial charge in [-0.1, -0.05) is 0 Å². The van der Waals surface area contributed by atoms with E-state index in [2.05, 4.69) is 0 Å². The van der Waals surface area contributed by atoms with Crippen LogP contribution in [-0.4, -0.2) is 0 Å². The molecule has 77 heteroatoms. The SMILES string of the molecule is F.F.F.O=P([O-])([O-])[O-].O=P([O-])([O-])[O-].O=P([O-])([O-])[O-].O=P([O-])([O-])[O-].O=P([O-])([O-])[O-].O=P([O-])([O-])[O-].O=P([O-])([O-])[O-].O=P([O-])([O-])[O-].O=P([O-])([O-])[O-].O=P([O-])([O-])[O-].O=P([O-])([O-])[O-].O=P([O-])([O-])[O-].O=P([O-])([O-])[O-].[Ta+5].[Ta+5].[Ta+5].[Ti+4].[Ti+4].[Ti+4].[Zr+4].[Zr+4].[Zr+4]. The zero-order chi connectivity index (χ0) is 58.5. The van der Waals surface area contributed by atoms with E-state index >= 15 is 0 Å². The van der Waals surface area contributed by atoms with Gasteiger partial charge in [-0.05, 0) is 0 Å². The molecule has 0 aliphatic carbocycles. The van der Waals surface area contributed by atoms with Crippen LogP contribution in [0.4, 0.5) is 14.1 Å². The molecule has 0 aliphatic heterocycles. The average Bonchev–Trinajstić information content (AvgIpc) is 2.54. The molecule has 0 aromatic rings. The van der Waals surface area contributed by atoms with Crippen molar-refractivity contribution in [1.29, 1.82) is 0 Å². The minimum Gasteiger partial charge on any atom is -0.822 e. The van der Waals surface area contributed by atoms with E-state index in [-0.39, 0.29) is 225 Å². The molecule has 440 valence electrons. The smallest absolute Gasteiger partial charge is 0.822 e. The first kappa shape index (κ1) is 167. The minimum atomic E-state index is -5.39. The topological polar surface area (TPSA) is 1120 Å². The van der Waals surface area contributed by atoms with Crippen molar-refractivity contribution >= 4 is 102 Å². The summed E-state index contributed by atoms with van der Waals surface area (Å²) in [6.07, 6.45) is 0. The van der Waals surface area contributed by atoms with Gasteiger partial charge in [0, 0.05) is 0 Å². The fourth-order valence-corrected chi connectivity index (χ4v) is 0. The van der Waals surface area contributed by atoms with Crippen molar-refractivity contribution in [2.75, 3.05) is 0 Å². The molecule has 0 saturated carbocycles. The third-order valence-electron chi connectivity index (χ3n) is 0. The van der Waals surface area contributed by atoms with Gasteiger partial charge in [-0.3, -0.25) is 14.1 Å². The molecule has 0 bridgehead atoms. The Morgan fingerprint density at radius 2 is 0.130 bits per heavy atom. The summed E-state index contributed by atoms with van der Waals surface area (Å²) in [7, 11) is -70.1. The zero-order valence-electron chi connectivity index (χ0n) is 32.6. The van der Waals surface area contributed by atoms with Gasteiger partial charge in [0.25, 0.3) is 0 Å². The summed E-state index contributed by atoms with van der Waals surface area (Å²) in [4.78, 5) is 333. The van der Waals surface area contributed by atoms with E-state index in [0.717, 1.165) is 0 Å². The number of phosphoric acid groups is 13. The molecular formula is H3F3O52P13Ta3Ti3Zr3. The van der Waals surface area contributed by atoms with Crippen LogP contribution in [0.1, 0.15) is 0 Å². The molecule has 0 spiro atoms. The average molecular weight is 2250 g/mol. The maximum Gasteiger partial charge on any atom is 5.00 e. The molecule has 0 amide bonds. The largest absolute Gasteiger partial charge is 5.00 e.